The highest BCUT2D eigenvalue weighted by Gasteiger charge is 2.40. The number of carbonyl (C=O) groups excluding carboxylic acids is 2. The van der Waals surface area contributed by atoms with Gasteiger partial charge in [0.2, 0.25) is 5.91 Å². The van der Waals surface area contributed by atoms with Crippen molar-refractivity contribution in [1.29, 1.82) is 0 Å². The maximum atomic E-state index is 12.1. The molecule has 1 aromatic carbocycles. The van der Waals surface area contributed by atoms with Gasteiger partial charge in [0, 0.05) is 31.8 Å². The van der Waals surface area contributed by atoms with Crippen molar-refractivity contribution in [2.24, 2.45) is 17.8 Å². The Morgan fingerprint density at radius 2 is 2.00 bits per heavy atom. The number of anilines is 1. The highest BCUT2D eigenvalue weighted by molar-refractivity contribution is 5.96. The SMILES string of the molecule is CN(C)c1cccc(C(=O)NNC(=O)C[C@@H]2C[C@H]3CC[C@H]2C3)c1. The summed E-state index contributed by atoms with van der Waals surface area (Å²) in [6.45, 7) is 0. The molecule has 3 rings (SSSR count). The summed E-state index contributed by atoms with van der Waals surface area (Å²) in [4.78, 5) is 26.1. The van der Waals surface area contributed by atoms with Crippen molar-refractivity contribution in [3.05, 3.63) is 29.8 Å². The third-order valence-electron chi connectivity index (χ3n) is 5.27. The Hall–Kier alpha value is -2.04. The highest BCUT2D eigenvalue weighted by atomic mass is 16.2. The molecule has 0 spiro atoms. The van der Waals surface area contributed by atoms with E-state index in [1.165, 1.54) is 25.7 Å². The van der Waals surface area contributed by atoms with E-state index in [9.17, 15) is 9.59 Å². The first-order valence-corrected chi connectivity index (χ1v) is 8.39. The lowest BCUT2D eigenvalue weighted by molar-refractivity contribution is -0.123. The van der Waals surface area contributed by atoms with Gasteiger partial charge in [-0.2, -0.15) is 0 Å². The maximum absolute atomic E-state index is 12.1. The van der Waals surface area contributed by atoms with Gasteiger partial charge >= 0.3 is 0 Å². The molecule has 5 heteroatoms. The molecule has 0 aromatic heterocycles. The van der Waals surface area contributed by atoms with Crippen LogP contribution in [0.15, 0.2) is 24.3 Å². The Balaban J connectivity index is 1.48. The smallest absolute Gasteiger partial charge is 0.269 e. The average molecular weight is 315 g/mol. The molecule has 124 valence electrons. The average Bonchev–Trinajstić information content (AvgIpc) is 3.15. The van der Waals surface area contributed by atoms with Gasteiger partial charge in [-0.15, -0.1) is 0 Å². The van der Waals surface area contributed by atoms with E-state index in [0.29, 0.717) is 17.9 Å². The summed E-state index contributed by atoms with van der Waals surface area (Å²) in [7, 11) is 3.85. The second kappa shape index (κ2) is 6.60. The number of benzene rings is 1. The highest BCUT2D eigenvalue weighted by Crippen LogP contribution is 2.49. The van der Waals surface area contributed by atoms with Crippen LogP contribution in [0.3, 0.4) is 0 Å². The molecule has 2 aliphatic rings. The topological polar surface area (TPSA) is 61.4 Å². The van der Waals surface area contributed by atoms with Crippen LogP contribution in [0, 0.1) is 17.8 Å². The number of hydrogen-bond donors (Lipinski definition) is 2. The monoisotopic (exact) mass is 315 g/mol. The van der Waals surface area contributed by atoms with E-state index in [-0.39, 0.29) is 11.8 Å². The van der Waals surface area contributed by atoms with Gasteiger partial charge in [0.1, 0.15) is 0 Å². The van der Waals surface area contributed by atoms with Gasteiger partial charge in [0.05, 0.1) is 0 Å². The quantitative estimate of drug-likeness (QED) is 0.838. The zero-order valence-electron chi connectivity index (χ0n) is 13.8. The lowest BCUT2D eigenvalue weighted by atomic mass is 9.86. The summed E-state index contributed by atoms with van der Waals surface area (Å²) in [5.74, 6) is 1.69. The van der Waals surface area contributed by atoms with Gasteiger partial charge in [-0.3, -0.25) is 20.4 Å². The normalized spacial score (nSPS) is 25.2. The van der Waals surface area contributed by atoms with Crippen LogP contribution in [-0.2, 0) is 4.79 Å². The summed E-state index contributed by atoms with van der Waals surface area (Å²) in [6, 6.07) is 7.31. The van der Waals surface area contributed by atoms with E-state index in [2.05, 4.69) is 10.9 Å². The minimum Gasteiger partial charge on any atom is -0.378 e. The summed E-state index contributed by atoms with van der Waals surface area (Å²) < 4.78 is 0. The number of fused-ring (bicyclic) bond motifs is 2. The van der Waals surface area contributed by atoms with Gasteiger partial charge in [-0.05, 0) is 55.2 Å². The van der Waals surface area contributed by atoms with E-state index in [4.69, 9.17) is 0 Å². The molecule has 2 aliphatic carbocycles. The Labute approximate surface area is 137 Å². The van der Waals surface area contributed by atoms with Crippen molar-refractivity contribution in [3.8, 4) is 0 Å². The zero-order valence-corrected chi connectivity index (χ0v) is 13.8. The van der Waals surface area contributed by atoms with Crippen LogP contribution in [0.5, 0.6) is 0 Å². The summed E-state index contributed by atoms with van der Waals surface area (Å²) >= 11 is 0. The maximum Gasteiger partial charge on any atom is 0.269 e. The first kappa shape index (κ1) is 15.8. The molecule has 2 bridgehead atoms. The number of hydrogen-bond acceptors (Lipinski definition) is 3. The van der Waals surface area contributed by atoms with Crippen molar-refractivity contribution >= 4 is 17.5 Å². The molecule has 0 unspecified atom stereocenters. The largest absolute Gasteiger partial charge is 0.378 e. The van der Waals surface area contributed by atoms with Crippen molar-refractivity contribution in [3.63, 3.8) is 0 Å². The number of rotatable bonds is 4. The van der Waals surface area contributed by atoms with E-state index in [1.807, 2.05) is 31.1 Å². The van der Waals surface area contributed by atoms with Crippen molar-refractivity contribution < 1.29 is 9.59 Å². The second-order valence-corrected chi connectivity index (χ2v) is 7.09. The van der Waals surface area contributed by atoms with E-state index < -0.39 is 0 Å². The van der Waals surface area contributed by atoms with Crippen LogP contribution < -0.4 is 15.8 Å². The molecule has 2 amide bonds. The van der Waals surface area contributed by atoms with Gasteiger partial charge in [-0.25, -0.2) is 0 Å². The number of nitrogens with one attached hydrogen (secondary N) is 2. The van der Waals surface area contributed by atoms with Gasteiger partial charge in [0.25, 0.3) is 5.91 Å². The molecule has 5 nitrogen and oxygen atoms in total. The minimum atomic E-state index is -0.282. The molecule has 0 heterocycles. The molecule has 2 saturated carbocycles. The minimum absolute atomic E-state index is 0.0836. The van der Waals surface area contributed by atoms with Crippen molar-refractivity contribution in [2.45, 2.75) is 32.1 Å². The molecule has 0 aliphatic heterocycles. The molecule has 23 heavy (non-hydrogen) atoms. The first-order chi connectivity index (χ1) is 11.0. The van der Waals surface area contributed by atoms with Crippen LogP contribution in [0.2, 0.25) is 0 Å². The molecular weight excluding hydrogens is 290 g/mol. The standard InChI is InChI=1S/C18H25N3O2/c1-21(2)16-5-3-4-14(10-16)18(23)20-19-17(22)11-15-9-12-6-7-13(15)8-12/h3-5,10,12-13,15H,6-9,11H2,1-2H3,(H,19,22)(H,20,23)/t12-,13-,15-/m0/s1. The van der Waals surface area contributed by atoms with Crippen LogP contribution in [-0.4, -0.2) is 25.9 Å². The fourth-order valence-electron chi connectivity index (χ4n) is 4.04. The number of nitrogens with zero attached hydrogens (tertiary/aromatic N) is 1. The molecule has 0 saturated heterocycles. The van der Waals surface area contributed by atoms with Crippen LogP contribution in [0.1, 0.15) is 42.5 Å². The number of carbonyl (C=O) groups is 2. The van der Waals surface area contributed by atoms with E-state index in [1.54, 1.807) is 12.1 Å². The van der Waals surface area contributed by atoms with E-state index >= 15 is 0 Å². The fourth-order valence-corrected chi connectivity index (χ4v) is 4.04. The van der Waals surface area contributed by atoms with Gasteiger partial charge in [0.15, 0.2) is 0 Å². The van der Waals surface area contributed by atoms with Gasteiger partial charge in [-0.1, -0.05) is 12.5 Å². The van der Waals surface area contributed by atoms with Crippen LogP contribution in [0.4, 0.5) is 5.69 Å². The molecular formula is C18H25N3O2. The summed E-state index contributed by atoms with van der Waals surface area (Å²) in [5, 5.41) is 0. The lowest BCUT2D eigenvalue weighted by Gasteiger charge is -2.21. The van der Waals surface area contributed by atoms with Crippen molar-refractivity contribution in [1.82, 2.24) is 10.9 Å². The molecule has 3 atom stereocenters. The summed E-state index contributed by atoms with van der Waals surface area (Å²) in [6.07, 6.45) is 5.60. The lowest BCUT2D eigenvalue weighted by Crippen LogP contribution is -2.42. The third kappa shape index (κ3) is 3.66. The van der Waals surface area contributed by atoms with Crippen LogP contribution in [0.25, 0.3) is 0 Å². The van der Waals surface area contributed by atoms with E-state index in [0.717, 1.165) is 17.5 Å². The molecule has 2 fully saturated rings. The summed E-state index contributed by atoms with van der Waals surface area (Å²) in [5.41, 5.74) is 6.58. The predicted octanol–water partition coefficient (Wildman–Crippen LogP) is 2.34. The Bertz CT molecular complexity index is 600. The third-order valence-corrected chi connectivity index (χ3v) is 5.27. The molecule has 1 aromatic rings. The number of hydrazine groups is 1. The van der Waals surface area contributed by atoms with Crippen molar-refractivity contribution in [2.75, 3.05) is 19.0 Å². The zero-order chi connectivity index (χ0) is 16.4. The first-order valence-electron chi connectivity index (χ1n) is 8.39. The fraction of sp³-hybridized carbons (Fsp3) is 0.556. The Kier molecular flexibility index (Phi) is 4.55. The molecule has 2 N–H and O–H groups in total. The Morgan fingerprint density at radius 1 is 1.17 bits per heavy atom. The Morgan fingerprint density at radius 3 is 2.65 bits per heavy atom. The predicted molar refractivity (Wildman–Crippen MR) is 89.9 cm³/mol. The van der Waals surface area contributed by atoms with Crippen LogP contribution >= 0.6 is 0 Å². The number of amides is 2. The second-order valence-electron chi connectivity index (χ2n) is 7.09. The molecule has 0 radical (unpaired) electrons. The van der Waals surface area contributed by atoms with Gasteiger partial charge < -0.3 is 4.90 Å².